The summed E-state index contributed by atoms with van der Waals surface area (Å²) in [6, 6.07) is 16.2. The van der Waals surface area contributed by atoms with Gasteiger partial charge in [0.2, 0.25) is 0 Å². The van der Waals surface area contributed by atoms with Crippen LogP contribution < -0.4 is 0 Å². The van der Waals surface area contributed by atoms with E-state index in [4.69, 9.17) is 5.11 Å². The summed E-state index contributed by atoms with van der Waals surface area (Å²) in [6.45, 7) is 0. The quantitative estimate of drug-likeness (QED) is 0.574. The number of benzene rings is 2. The van der Waals surface area contributed by atoms with Gasteiger partial charge in [-0.1, -0.05) is 36.4 Å². The van der Waals surface area contributed by atoms with E-state index in [2.05, 4.69) is 40.3 Å². The van der Waals surface area contributed by atoms with E-state index in [0.717, 1.165) is 51.0 Å². The molecule has 0 radical (unpaired) electrons. The molecule has 0 saturated heterocycles. The van der Waals surface area contributed by atoms with Crippen LogP contribution in [0.25, 0.3) is 27.7 Å². The molecule has 1 aliphatic carbocycles. The molecule has 2 aromatic heterocycles. The average Bonchev–Trinajstić information content (AvgIpc) is 3.30. The van der Waals surface area contributed by atoms with Crippen LogP contribution in [-0.4, -0.2) is 25.6 Å². The highest BCUT2D eigenvalue weighted by atomic mass is 16.4. The topological polar surface area (TPSA) is 68.0 Å². The van der Waals surface area contributed by atoms with Crippen LogP contribution in [0.2, 0.25) is 0 Å². The molecule has 0 unspecified atom stereocenters. The van der Waals surface area contributed by atoms with Crippen molar-refractivity contribution in [2.75, 3.05) is 0 Å². The molecule has 0 spiro atoms. The Morgan fingerprint density at radius 3 is 2.83 bits per heavy atom. The number of imidazole rings is 1. The molecule has 1 N–H and O–H groups in total. The molecule has 0 fully saturated rings. The number of hydrogen-bond acceptors (Lipinski definition) is 3. The SMILES string of the molecule is Cn1cnc2ccc(C3=CCc4ncc(-c5cccc(CC(=O)O)c5)cc43)cc21. The van der Waals surface area contributed by atoms with Crippen LogP contribution in [0.1, 0.15) is 22.4 Å². The highest BCUT2D eigenvalue weighted by Crippen LogP contribution is 2.35. The fourth-order valence-electron chi connectivity index (χ4n) is 3.96. The number of hydrogen-bond donors (Lipinski definition) is 1. The molecule has 0 atom stereocenters. The smallest absolute Gasteiger partial charge is 0.307 e. The normalized spacial score (nSPS) is 12.8. The van der Waals surface area contributed by atoms with Crippen LogP contribution >= 0.6 is 0 Å². The van der Waals surface area contributed by atoms with Gasteiger partial charge in [-0.05, 0) is 40.5 Å². The maximum Gasteiger partial charge on any atom is 0.307 e. The summed E-state index contributed by atoms with van der Waals surface area (Å²) < 4.78 is 2.03. The first-order valence-corrected chi connectivity index (χ1v) is 9.50. The largest absolute Gasteiger partial charge is 0.481 e. The highest BCUT2D eigenvalue weighted by molar-refractivity contribution is 5.89. The number of carbonyl (C=O) groups is 1. The second kappa shape index (κ2) is 6.71. The van der Waals surface area contributed by atoms with Gasteiger partial charge in [0.15, 0.2) is 0 Å². The second-order valence-electron chi connectivity index (χ2n) is 7.37. The van der Waals surface area contributed by atoms with E-state index in [9.17, 15) is 4.79 Å². The molecule has 0 bridgehead atoms. The van der Waals surface area contributed by atoms with E-state index < -0.39 is 5.97 Å². The number of allylic oxidation sites excluding steroid dienone is 1. The monoisotopic (exact) mass is 381 g/mol. The van der Waals surface area contributed by atoms with Crippen molar-refractivity contribution in [3.8, 4) is 11.1 Å². The van der Waals surface area contributed by atoms with Gasteiger partial charge in [0.1, 0.15) is 0 Å². The zero-order chi connectivity index (χ0) is 20.0. The van der Waals surface area contributed by atoms with Crippen molar-refractivity contribution in [3.63, 3.8) is 0 Å². The molecule has 1 aliphatic rings. The third kappa shape index (κ3) is 3.10. The van der Waals surface area contributed by atoms with E-state index in [0.29, 0.717) is 0 Å². The van der Waals surface area contributed by atoms with Gasteiger partial charge in [-0.25, -0.2) is 4.98 Å². The minimum absolute atomic E-state index is 0.0159. The number of carboxylic acids is 1. The molecule has 142 valence electrons. The Hall–Kier alpha value is -3.73. The fraction of sp³-hybridized carbons (Fsp3) is 0.125. The van der Waals surface area contributed by atoms with Gasteiger partial charge in [-0.2, -0.15) is 0 Å². The predicted molar refractivity (Wildman–Crippen MR) is 113 cm³/mol. The molecule has 2 aromatic carbocycles. The van der Waals surface area contributed by atoms with Crippen LogP contribution in [0.5, 0.6) is 0 Å². The molecule has 5 rings (SSSR count). The summed E-state index contributed by atoms with van der Waals surface area (Å²) in [7, 11) is 2.00. The molecule has 4 aromatic rings. The number of aryl methyl sites for hydroxylation is 1. The Bertz CT molecular complexity index is 1300. The van der Waals surface area contributed by atoms with Crippen LogP contribution in [0.3, 0.4) is 0 Å². The molecule has 29 heavy (non-hydrogen) atoms. The zero-order valence-corrected chi connectivity index (χ0v) is 16.0. The average molecular weight is 381 g/mol. The first-order valence-electron chi connectivity index (χ1n) is 9.50. The Morgan fingerprint density at radius 1 is 1.07 bits per heavy atom. The number of aliphatic carboxylic acids is 1. The van der Waals surface area contributed by atoms with Gasteiger partial charge >= 0.3 is 5.97 Å². The standard InChI is InChI=1S/C24H19N3O2/c1-27-14-26-22-7-5-17(12-23(22)27)19-6-8-21-20(19)11-18(13-25-21)16-4-2-3-15(9-16)10-24(28)29/h2-7,9,11-14H,8,10H2,1H3,(H,28,29). The fourth-order valence-corrected chi connectivity index (χ4v) is 3.96. The Labute approximate surface area is 168 Å². The highest BCUT2D eigenvalue weighted by Gasteiger charge is 2.19. The van der Waals surface area contributed by atoms with E-state index in [-0.39, 0.29) is 6.42 Å². The summed E-state index contributed by atoms with van der Waals surface area (Å²) in [6.07, 6.45) is 6.75. The number of aromatic nitrogens is 3. The van der Waals surface area contributed by atoms with Crippen LogP contribution in [0, 0.1) is 0 Å². The lowest BCUT2D eigenvalue weighted by molar-refractivity contribution is -0.136. The molecule has 0 saturated carbocycles. The summed E-state index contributed by atoms with van der Waals surface area (Å²) in [5.41, 5.74) is 9.37. The van der Waals surface area contributed by atoms with E-state index in [1.807, 2.05) is 48.4 Å². The molecular formula is C24H19N3O2. The lowest BCUT2D eigenvalue weighted by Gasteiger charge is -2.10. The molecule has 0 amide bonds. The van der Waals surface area contributed by atoms with Crippen LogP contribution in [0.15, 0.2) is 67.1 Å². The van der Waals surface area contributed by atoms with Crippen molar-refractivity contribution >= 4 is 22.6 Å². The van der Waals surface area contributed by atoms with E-state index in [1.165, 1.54) is 5.57 Å². The maximum atomic E-state index is 11.0. The van der Waals surface area contributed by atoms with Crippen molar-refractivity contribution in [2.24, 2.45) is 7.05 Å². The van der Waals surface area contributed by atoms with Crippen molar-refractivity contribution in [3.05, 3.63) is 89.5 Å². The minimum atomic E-state index is -0.829. The Morgan fingerprint density at radius 2 is 1.97 bits per heavy atom. The third-order valence-corrected chi connectivity index (χ3v) is 5.41. The molecule has 5 nitrogen and oxygen atoms in total. The van der Waals surface area contributed by atoms with E-state index in [1.54, 1.807) is 0 Å². The zero-order valence-electron chi connectivity index (χ0n) is 16.0. The summed E-state index contributed by atoms with van der Waals surface area (Å²) in [5.74, 6) is -0.829. The Kier molecular flexibility index (Phi) is 4.02. The number of rotatable bonds is 4. The lowest BCUT2D eigenvalue weighted by Crippen LogP contribution is -2.00. The minimum Gasteiger partial charge on any atom is -0.481 e. The van der Waals surface area contributed by atoms with Gasteiger partial charge in [0.25, 0.3) is 0 Å². The predicted octanol–water partition coefficient (Wildman–Crippen LogP) is 4.25. The molecule has 0 aliphatic heterocycles. The summed E-state index contributed by atoms with van der Waals surface area (Å²) >= 11 is 0. The van der Waals surface area contributed by atoms with Crippen molar-refractivity contribution in [1.82, 2.24) is 14.5 Å². The summed E-state index contributed by atoms with van der Waals surface area (Å²) in [5, 5.41) is 9.07. The van der Waals surface area contributed by atoms with Crippen LogP contribution in [-0.2, 0) is 24.7 Å². The van der Waals surface area contributed by atoms with Gasteiger partial charge < -0.3 is 9.67 Å². The molecule has 5 heteroatoms. The van der Waals surface area contributed by atoms with Gasteiger partial charge in [0.05, 0.1) is 29.5 Å². The second-order valence-corrected chi connectivity index (χ2v) is 7.37. The maximum absolute atomic E-state index is 11.0. The first kappa shape index (κ1) is 17.4. The van der Waals surface area contributed by atoms with Gasteiger partial charge in [-0.15, -0.1) is 0 Å². The van der Waals surface area contributed by atoms with Gasteiger partial charge in [0, 0.05) is 30.8 Å². The molecule has 2 heterocycles. The lowest BCUT2D eigenvalue weighted by atomic mass is 9.96. The van der Waals surface area contributed by atoms with Crippen LogP contribution in [0.4, 0.5) is 0 Å². The summed E-state index contributed by atoms with van der Waals surface area (Å²) in [4.78, 5) is 20.1. The molecular weight excluding hydrogens is 362 g/mol. The van der Waals surface area contributed by atoms with E-state index >= 15 is 0 Å². The Balaban J connectivity index is 1.55. The van der Waals surface area contributed by atoms with Crippen molar-refractivity contribution in [1.29, 1.82) is 0 Å². The van der Waals surface area contributed by atoms with Crippen molar-refractivity contribution in [2.45, 2.75) is 12.8 Å². The number of nitrogens with zero attached hydrogens (tertiary/aromatic N) is 3. The number of fused-ring (bicyclic) bond motifs is 2. The first-order chi connectivity index (χ1) is 14.1. The number of pyridine rings is 1. The number of carboxylic acid groups (broad SMARTS) is 1. The van der Waals surface area contributed by atoms with Gasteiger partial charge in [-0.3, -0.25) is 9.78 Å². The van der Waals surface area contributed by atoms with Crippen molar-refractivity contribution < 1.29 is 9.90 Å². The third-order valence-electron chi connectivity index (χ3n) is 5.41.